The predicted molar refractivity (Wildman–Crippen MR) is 98.7 cm³/mol. The number of hydrogen-bond acceptors (Lipinski definition) is 5. The van der Waals surface area contributed by atoms with Gasteiger partial charge in [0.15, 0.2) is 0 Å². The molecule has 0 fully saturated rings. The Balaban J connectivity index is 2.15. The molecule has 4 nitrogen and oxygen atoms in total. The van der Waals surface area contributed by atoms with Crippen LogP contribution in [0.1, 0.15) is 24.4 Å². The van der Waals surface area contributed by atoms with Gasteiger partial charge in [0.05, 0.1) is 12.2 Å². The molecule has 0 aliphatic rings. The molecule has 1 amide bonds. The maximum atomic E-state index is 12.5. The largest absolute Gasteiger partial charge is 0.338 e. The Labute approximate surface area is 146 Å². The van der Waals surface area contributed by atoms with E-state index in [-0.39, 0.29) is 11.8 Å². The van der Waals surface area contributed by atoms with Crippen molar-refractivity contribution >= 4 is 29.0 Å². The molecule has 0 aliphatic heterocycles. The fourth-order valence-corrected chi connectivity index (χ4v) is 4.05. The summed E-state index contributed by atoms with van der Waals surface area (Å²) in [6.45, 7) is 7.40. The van der Waals surface area contributed by atoms with Crippen LogP contribution in [0.4, 0.5) is 0 Å². The van der Waals surface area contributed by atoms with E-state index < -0.39 is 0 Å². The van der Waals surface area contributed by atoms with Gasteiger partial charge in [-0.05, 0) is 32.2 Å². The van der Waals surface area contributed by atoms with Crippen LogP contribution in [0.5, 0.6) is 0 Å². The lowest BCUT2D eigenvalue weighted by molar-refractivity contribution is -0.134. The highest BCUT2D eigenvalue weighted by molar-refractivity contribution is 7.98. The Hall–Kier alpha value is -1.40. The van der Waals surface area contributed by atoms with E-state index in [0.29, 0.717) is 6.54 Å². The first-order chi connectivity index (χ1) is 11.1. The van der Waals surface area contributed by atoms with Gasteiger partial charge in [-0.1, -0.05) is 6.92 Å². The molecule has 0 N–H and O–H groups in total. The second-order valence-corrected chi connectivity index (χ2v) is 7.47. The maximum Gasteiger partial charge on any atom is 0.226 e. The van der Waals surface area contributed by atoms with E-state index in [1.807, 2.05) is 50.3 Å². The van der Waals surface area contributed by atoms with Crippen LogP contribution in [-0.2, 0) is 11.3 Å². The van der Waals surface area contributed by atoms with Crippen molar-refractivity contribution < 1.29 is 4.79 Å². The van der Waals surface area contributed by atoms with Gasteiger partial charge in [-0.2, -0.15) is 11.8 Å². The Bertz CT molecular complexity index is 643. The number of hydrogen-bond donors (Lipinski definition) is 0. The monoisotopic (exact) mass is 349 g/mol. The number of thioether (sulfide) groups is 1. The summed E-state index contributed by atoms with van der Waals surface area (Å²) in [6, 6.07) is 3.93. The summed E-state index contributed by atoms with van der Waals surface area (Å²) < 4.78 is 0. The van der Waals surface area contributed by atoms with Crippen molar-refractivity contribution in [1.29, 1.82) is 0 Å². The lowest BCUT2D eigenvalue weighted by atomic mass is 10.2. The molecule has 0 radical (unpaired) electrons. The van der Waals surface area contributed by atoms with Gasteiger partial charge in [0, 0.05) is 41.0 Å². The van der Waals surface area contributed by atoms with Crippen molar-refractivity contribution in [1.82, 2.24) is 14.9 Å². The third kappa shape index (κ3) is 4.54. The smallest absolute Gasteiger partial charge is 0.226 e. The van der Waals surface area contributed by atoms with Crippen molar-refractivity contribution in [2.75, 3.05) is 18.6 Å². The van der Waals surface area contributed by atoms with Crippen LogP contribution < -0.4 is 0 Å². The van der Waals surface area contributed by atoms with E-state index in [9.17, 15) is 4.79 Å². The maximum absolute atomic E-state index is 12.5. The highest BCUT2D eigenvalue weighted by Crippen LogP contribution is 2.28. The number of pyridine rings is 1. The van der Waals surface area contributed by atoms with Crippen LogP contribution in [-0.4, -0.2) is 39.3 Å². The third-order valence-corrected chi connectivity index (χ3v) is 5.69. The SMILES string of the molecule is CCN(Cc1sc(-c2cccnc2)nc1C)C(=O)C(C)CSC. The molecule has 124 valence electrons. The van der Waals surface area contributed by atoms with E-state index in [4.69, 9.17) is 0 Å². The van der Waals surface area contributed by atoms with Crippen molar-refractivity contribution in [3.8, 4) is 10.6 Å². The zero-order valence-electron chi connectivity index (χ0n) is 14.1. The van der Waals surface area contributed by atoms with Gasteiger partial charge >= 0.3 is 0 Å². The van der Waals surface area contributed by atoms with E-state index in [0.717, 1.165) is 33.4 Å². The summed E-state index contributed by atoms with van der Waals surface area (Å²) in [5.41, 5.74) is 2.02. The van der Waals surface area contributed by atoms with Gasteiger partial charge in [-0.15, -0.1) is 11.3 Å². The summed E-state index contributed by atoms with van der Waals surface area (Å²) in [7, 11) is 0. The van der Waals surface area contributed by atoms with Crippen LogP contribution in [0.2, 0.25) is 0 Å². The molecule has 2 aromatic heterocycles. The average molecular weight is 350 g/mol. The molecule has 0 aromatic carbocycles. The van der Waals surface area contributed by atoms with E-state index in [1.165, 1.54) is 0 Å². The molecule has 0 aliphatic carbocycles. The second-order valence-electron chi connectivity index (χ2n) is 5.48. The van der Waals surface area contributed by atoms with Crippen LogP contribution >= 0.6 is 23.1 Å². The van der Waals surface area contributed by atoms with Crippen molar-refractivity contribution in [3.63, 3.8) is 0 Å². The highest BCUT2D eigenvalue weighted by atomic mass is 32.2. The van der Waals surface area contributed by atoms with Crippen LogP contribution in [0, 0.1) is 12.8 Å². The van der Waals surface area contributed by atoms with Crippen molar-refractivity contribution in [2.24, 2.45) is 5.92 Å². The molecule has 2 rings (SSSR count). The number of aryl methyl sites for hydroxylation is 1. The van der Waals surface area contributed by atoms with Gasteiger partial charge in [-0.3, -0.25) is 9.78 Å². The number of thiazole rings is 1. The van der Waals surface area contributed by atoms with E-state index in [1.54, 1.807) is 29.3 Å². The van der Waals surface area contributed by atoms with Gasteiger partial charge in [0.2, 0.25) is 5.91 Å². The van der Waals surface area contributed by atoms with Gasteiger partial charge in [0.1, 0.15) is 5.01 Å². The lowest BCUT2D eigenvalue weighted by Gasteiger charge is -2.23. The fourth-order valence-electron chi connectivity index (χ4n) is 2.34. The average Bonchev–Trinajstić information content (AvgIpc) is 2.94. The number of nitrogens with zero attached hydrogens (tertiary/aromatic N) is 3. The second kappa shape index (κ2) is 8.45. The fraction of sp³-hybridized carbons (Fsp3) is 0.471. The molecular weight excluding hydrogens is 326 g/mol. The summed E-state index contributed by atoms with van der Waals surface area (Å²) >= 11 is 3.36. The molecule has 23 heavy (non-hydrogen) atoms. The standard InChI is InChI=1S/C17H23N3OS2/c1-5-20(17(21)12(2)11-22-4)10-15-13(3)19-16(23-15)14-7-6-8-18-9-14/h6-9,12H,5,10-11H2,1-4H3. The molecule has 2 heterocycles. The molecule has 1 atom stereocenters. The van der Waals surface area contributed by atoms with E-state index >= 15 is 0 Å². The first-order valence-corrected chi connectivity index (χ1v) is 9.92. The van der Waals surface area contributed by atoms with Crippen molar-refractivity contribution in [2.45, 2.75) is 27.3 Å². The zero-order chi connectivity index (χ0) is 16.8. The first kappa shape index (κ1) is 17.9. The Morgan fingerprint density at radius 2 is 2.26 bits per heavy atom. The van der Waals surface area contributed by atoms with Crippen LogP contribution in [0.25, 0.3) is 10.6 Å². The molecule has 0 spiro atoms. The Morgan fingerprint density at radius 3 is 2.87 bits per heavy atom. The molecule has 6 heteroatoms. The Kier molecular flexibility index (Phi) is 6.59. The van der Waals surface area contributed by atoms with Gasteiger partial charge in [-0.25, -0.2) is 4.98 Å². The lowest BCUT2D eigenvalue weighted by Crippen LogP contribution is -2.35. The molecule has 2 aromatic rings. The first-order valence-electron chi connectivity index (χ1n) is 7.71. The summed E-state index contributed by atoms with van der Waals surface area (Å²) in [5.74, 6) is 1.13. The number of carbonyl (C=O) groups is 1. The summed E-state index contributed by atoms with van der Waals surface area (Å²) in [6.07, 6.45) is 5.62. The molecule has 1 unspecified atom stereocenters. The Morgan fingerprint density at radius 1 is 1.48 bits per heavy atom. The van der Waals surface area contributed by atoms with Gasteiger partial charge < -0.3 is 4.90 Å². The topological polar surface area (TPSA) is 46.1 Å². The van der Waals surface area contributed by atoms with Crippen LogP contribution in [0.3, 0.4) is 0 Å². The van der Waals surface area contributed by atoms with Crippen molar-refractivity contribution in [3.05, 3.63) is 35.1 Å². The summed E-state index contributed by atoms with van der Waals surface area (Å²) in [4.78, 5) is 24.4. The molecule has 0 bridgehead atoms. The molecular formula is C17H23N3OS2. The molecule has 0 saturated heterocycles. The highest BCUT2D eigenvalue weighted by Gasteiger charge is 2.21. The third-order valence-electron chi connectivity index (χ3n) is 3.67. The van der Waals surface area contributed by atoms with E-state index in [2.05, 4.69) is 9.97 Å². The minimum Gasteiger partial charge on any atom is -0.338 e. The number of aromatic nitrogens is 2. The predicted octanol–water partition coefficient (Wildman–Crippen LogP) is 3.86. The quantitative estimate of drug-likeness (QED) is 0.761. The van der Waals surface area contributed by atoms with Crippen LogP contribution in [0.15, 0.2) is 24.5 Å². The number of rotatable bonds is 7. The normalized spacial score (nSPS) is 12.2. The minimum atomic E-state index is 0.0518. The zero-order valence-corrected chi connectivity index (χ0v) is 15.7. The minimum absolute atomic E-state index is 0.0518. The summed E-state index contributed by atoms with van der Waals surface area (Å²) in [5, 5.41) is 0.964. The van der Waals surface area contributed by atoms with Gasteiger partial charge in [0.25, 0.3) is 0 Å². The number of carbonyl (C=O) groups excluding carboxylic acids is 1. The molecule has 0 saturated carbocycles. The number of amides is 1.